The minimum atomic E-state index is 0.0427. The molecule has 1 aromatic heterocycles. The zero-order valence-electron chi connectivity index (χ0n) is 9.43. The van der Waals surface area contributed by atoms with Gasteiger partial charge in [-0.15, -0.1) is 0 Å². The molecule has 2 rings (SSSR count). The number of hydrogen-bond acceptors (Lipinski definition) is 3. The van der Waals surface area contributed by atoms with E-state index in [4.69, 9.17) is 10.2 Å². The van der Waals surface area contributed by atoms with Crippen LogP contribution in [-0.2, 0) is 6.54 Å². The second kappa shape index (κ2) is 4.57. The summed E-state index contributed by atoms with van der Waals surface area (Å²) >= 11 is 0. The monoisotopic (exact) mass is 223 g/mol. The minimum absolute atomic E-state index is 0.0427. The van der Waals surface area contributed by atoms with Gasteiger partial charge in [0.25, 0.3) is 0 Å². The molecule has 1 aliphatic rings. The van der Waals surface area contributed by atoms with Crippen molar-refractivity contribution in [3.8, 4) is 0 Å². The Morgan fingerprint density at radius 3 is 3.00 bits per heavy atom. The maximum atomic E-state index is 11.9. The highest BCUT2D eigenvalue weighted by molar-refractivity contribution is 5.74. The molecule has 1 unspecified atom stereocenters. The molecule has 1 aliphatic heterocycles. The van der Waals surface area contributed by atoms with Crippen molar-refractivity contribution < 1.29 is 9.21 Å². The molecule has 5 heteroatoms. The van der Waals surface area contributed by atoms with Crippen LogP contribution in [-0.4, -0.2) is 42.5 Å². The first-order chi connectivity index (χ1) is 7.70. The molecule has 0 saturated carbocycles. The highest BCUT2D eigenvalue weighted by Gasteiger charge is 2.29. The lowest BCUT2D eigenvalue weighted by molar-refractivity contribution is 0.110. The first kappa shape index (κ1) is 11.0. The second-order valence-electron chi connectivity index (χ2n) is 4.22. The van der Waals surface area contributed by atoms with Crippen molar-refractivity contribution in [2.75, 3.05) is 26.7 Å². The summed E-state index contributed by atoms with van der Waals surface area (Å²) in [7, 11) is 1.80. The van der Waals surface area contributed by atoms with Crippen LogP contribution in [0.25, 0.3) is 0 Å². The highest BCUT2D eigenvalue weighted by atomic mass is 16.3. The van der Waals surface area contributed by atoms with Crippen LogP contribution < -0.4 is 5.73 Å². The van der Waals surface area contributed by atoms with Crippen LogP contribution in [0.4, 0.5) is 4.79 Å². The molecule has 1 fully saturated rings. The number of furan rings is 1. The van der Waals surface area contributed by atoms with Gasteiger partial charge in [0.2, 0.25) is 0 Å². The number of urea groups is 1. The van der Waals surface area contributed by atoms with Gasteiger partial charge >= 0.3 is 6.03 Å². The molecule has 5 nitrogen and oxygen atoms in total. The molecule has 2 N–H and O–H groups in total. The molecule has 0 aromatic carbocycles. The molecule has 16 heavy (non-hydrogen) atoms. The van der Waals surface area contributed by atoms with Gasteiger partial charge in [0.1, 0.15) is 5.76 Å². The lowest BCUT2D eigenvalue weighted by Gasteiger charge is -2.37. The number of amides is 2. The second-order valence-corrected chi connectivity index (χ2v) is 4.22. The predicted molar refractivity (Wildman–Crippen MR) is 59.7 cm³/mol. The molecule has 0 spiro atoms. The predicted octanol–water partition coefficient (Wildman–Crippen LogP) is 0.722. The van der Waals surface area contributed by atoms with Crippen molar-refractivity contribution in [2.24, 2.45) is 11.7 Å². The molecule has 1 aromatic rings. The van der Waals surface area contributed by atoms with E-state index in [0.717, 1.165) is 12.3 Å². The first-order valence-electron chi connectivity index (χ1n) is 5.43. The maximum absolute atomic E-state index is 11.9. The van der Waals surface area contributed by atoms with Crippen LogP contribution in [0.3, 0.4) is 0 Å². The smallest absolute Gasteiger partial charge is 0.320 e. The summed E-state index contributed by atoms with van der Waals surface area (Å²) in [5.74, 6) is 1.15. The first-order valence-corrected chi connectivity index (χ1v) is 5.43. The van der Waals surface area contributed by atoms with E-state index in [0.29, 0.717) is 25.6 Å². The van der Waals surface area contributed by atoms with Crippen LogP contribution >= 0.6 is 0 Å². The zero-order chi connectivity index (χ0) is 11.5. The molecule has 0 aliphatic carbocycles. The molecular weight excluding hydrogens is 206 g/mol. The Morgan fingerprint density at radius 1 is 1.56 bits per heavy atom. The standard InChI is InChI=1S/C11H17N3O2/c1-13-6-9(5-12)7-14(11(13)15)8-10-3-2-4-16-10/h2-4,9H,5-8,12H2,1H3. The van der Waals surface area contributed by atoms with Crippen LogP contribution in [0.2, 0.25) is 0 Å². The largest absolute Gasteiger partial charge is 0.467 e. The van der Waals surface area contributed by atoms with Crippen molar-refractivity contribution in [1.82, 2.24) is 9.80 Å². The van der Waals surface area contributed by atoms with E-state index in [-0.39, 0.29) is 6.03 Å². The average Bonchev–Trinajstić information content (AvgIpc) is 2.77. The summed E-state index contributed by atoms with van der Waals surface area (Å²) in [6.07, 6.45) is 1.62. The van der Waals surface area contributed by atoms with E-state index >= 15 is 0 Å². The molecule has 2 heterocycles. The Labute approximate surface area is 94.8 Å². The SMILES string of the molecule is CN1CC(CN)CN(Cc2ccco2)C1=O. The number of rotatable bonds is 3. The Bertz CT molecular complexity index is 350. The van der Waals surface area contributed by atoms with Crippen molar-refractivity contribution in [3.05, 3.63) is 24.2 Å². The summed E-state index contributed by atoms with van der Waals surface area (Å²) in [5.41, 5.74) is 5.66. The van der Waals surface area contributed by atoms with E-state index in [1.807, 2.05) is 12.1 Å². The molecule has 1 atom stereocenters. The third-order valence-corrected chi connectivity index (χ3v) is 2.87. The summed E-state index contributed by atoms with van der Waals surface area (Å²) in [6, 6.07) is 3.74. The van der Waals surface area contributed by atoms with Crippen LogP contribution in [0.5, 0.6) is 0 Å². The molecular formula is C11H17N3O2. The highest BCUT2D eigenvalue weighted by Crippen LogP contribution is 2.15. The van der Waals surface area contributed by atoms with Crippen LogP contribution in [0, 0.1) is 5.92 Å². The van der Waals surface area contributed by atoms with Crippen LogP contribution in [0.1, 0.15) is 5.76 Å². The van der Waals surface area contributed by atoms with Gasteiger partial charge in [-0.25, -0.2) is 4.79 Å². The number of carbonyl (C=O) groups is 1. The van der Waals surface area contributed by atoms with Gasteiger partial charge in [-0.3, -0.25) is 0 Å². The maximum Gasteiger partial charge on any atom is 0.320 e. The lowest BCUT2D eigenvalue weighted by Crippen LogP contribution is -2.52. The average molecular weight is 223 g/mol. The normalized spacial score (nSPS) is 21.6. The Hall–Kier alpha value is -1.49. The Morgan fingerprint density at radius 2 is 2.38 bits per heavy atom. The summed E-state index contributed by atoms with van der Waals surface area (Å²) in [4.78, 5) is 15.4. The van der Waals surface area contributed by atoms with Gasteiger partial charge in [0.15, 0.2) is 0 Å². The molecule has 0 radical (unpaired) electrons. The van der Waals surface area contributed by atoms with Gasteiger partial charge in [0.05, 0.1) is 12.8 Å². The molecule has 88 valence electrons. The third-order valence-electron chi connectivity index (χ3n) is 2.87. The topological polar surface area (TPSA) is 62.7 Å². The fourth-order valence-electron chi connectivity index (χ4n) is 2.03. The fraction of sp³-hybridized carbons (Fsp3) is 0.545. The minimum Gasteiger partial charge on any atom is -0.467 e. The zero-order valence-corrected chi connectivity index (χ0v) is 9.43. The van der Waals surface area contributed by atoms with Crippen molar-refractivity contribution in [1.29, 1.82) is 0 Å². The number of hydrogen-bond donors (Lipinski definition) is 1. The van der Waals surface area contributed by atoms with E-state index in [1.54, 1.807) is 23.1 Å². The number of nitrogens with two attached hydrogens (primary N) is 1. The molecule has 0 bridgehead atoms. The quantitative estimate of drug-likeness (QED) is 0.821. The van der Waals surface area contributed by atoms with Gasteiger partial charge in [-0.2, -0.15) is 0 Å². The number of carbonyl (C=O) groups excluding carboxylic acids is 1. The van der Waals surface area contributed by atoms with Crippen LogP contribution in [0.15, 0.2) is 22.8 Å². The Balaban J connectivity index is 2.04. The fourth-order valence-corrected chi connectivity index (χ4v) is 2.03. The lowest BCUT2D eigenvalue weighted by atomic mass is 10.1. The number of nitrogens with zero attached hydrogens (tertiary/aromatic N) is 2. The van der Waals surface area contributed by atoms with Gasteiger partial charge in [-0.05, 0) is 18.7 Å². The van der Waals surface area contributed by atoms with E-state index in [2.05, 4.69) is 0 Å². The van der Waals surface area contributed by atoms with Gasteiger partial charge < -0.3 is 20.0 Å². The summed E-state index contributed by atoms with van der Waals surface area (Å²) < 4.78 is 5.25. The van der Waals surface area contributed by atoms with E-state index in [9.17, 15) is 4.79 Å². The summed E-state index contributed by atoms with van der Waals surface area (Å²) in [5, 5.41) is 0. The molecule has 1 saturated heterocycles. The van der Waals surface area contributed by atoms with Gasteiger partial charge in [0, 0.05) is 26.1 Å². The van der Waals surface area contributed by atoms with Crippen molar-refractivity contribution in [3.63, 3.8) is 0 Å². The summed E-state index contributed by atoms with van der Waals surface area (Å²) in [6.45, 7) is 2.57. The van der Waals surface area contributed by atoms with E-state index in [1.165, 1.54) is 0 Å². The van der Waals surface area contributed by atoms with Crippen molar-refractivity contribution >= 4 is 6.03 Å². The Kier molecular flexibility index (Phi) is 3.14. The third kappa shape index (κ3) is 2.19. The van der Waals surface area contributed by atoms with Gasteiger partial charge in [-0.1, -0.05) is 0 Å². The van der Waals surface area contributed by atoms with Crippen molar-refractivity contribution in [2.45, 2.75) is 6.54 Å². The molecule has 2 amide bonds. The van der Waals surface area contributed by atoms with E-state index < -0.39 is 0 Å².